The van der Waals surface area contributed by atoms with Gasteiger partial charge in [-0.05, 0) is 18.9 Å². The maximum absolute atomic E-state index is 11.5. The molecule has 0 aromatic carbocycles. The summed E-state index contributed by atoms with van der Waals surface area (Å²) in [5.74, 6) is -0.353. The van der Waals surface area contributed by atoms with Gasteiger partial charge in [-0.3, -0.25) is 4.79 Å². The first-order chi connectivity index (χ1) is 9.11. The second-order valence-corrected chi connectivity index (χ2v) is 3.82. The zero-order valence-electron chi connectivity index (χ0n) is 10.7. The maximum atomic E-state index is 11.5. The fourth-order valence-corrected chi connectivity index (χ4v) is 1.35. The Labute approximate surface area is 111 Å². The van der Waals surface area contributed by atoms with E-state index in [0.717, 1.165) is 0 Å². The van der Waals surface area contributed by atoms with Crippen molar-refractivity contribution in [3.8, 4) is 5.88 Å². The van der Waals surface area contributed by atoms with Crippen molar-refractivity contribution in [2.75, 3.05) is 19.0 Å². The van der Waals surface area contributed by atoms with E-state index in [1.807, 2.05) is 0 Å². The van der Waals surface area contributed by atoms with Crippen LogP contribution in [0, 0.1) is 0 Å². The number of urea groups is 1. The Morgan fingerprint density at radius 3 is 2.74 bits per heavy atom. The third kappa shape index (κ3) is 6.25. The number of anilines is 1. The Kier molecular flexibility index (Phi) is 6.14. The highest BCUT2D eigenvalue weighted by atomic mass is 16.5. The SMILES string of the molecule is COc1ccc(NC(=O)NCCCCC(=O)O)cn1. The third-order valence-electron chi connectivity index (χ3n) is 2.31. The van der Waals surface area contributed by atoms with Crippen LogP contribution in [0.5, 0.6) is 5.88 Å². The Hall–Kier alpha value is -2.31. The number of nitrogens with one attached hydrogen (secondary N) is 2. The van der Waals surface area contributed by atoms with Crippen molar-refractivity contribution < 1.29 is 19.4 Å². The molecule has 19 heavy (non-hydrogen) atoms. The van der Waals surface area contributed by atoms with E-state index in [4.69, 9.17) is 9.84 Å². The molecule has 7 nitrogen and oxygen atoms in total. The van der Waals surface area contributed by atoms with Gasteiger partial charge < -0.3 is 20.5 Å². The molecular formula is C12H17N3O4. The molecule has 1 heterocycles. The first-order valence-electron chi connectivity index (χ1n) is 5.88. The van der Waals surface area contributed by atoms with Gasteiger partial charge >= 0.3 is 12.0 Å². The van der Waals surface area contributed by atoms with Crippen molar-refractivity contribution in [3.63, 3.8) is 0 Å². The molecule has 0 unspecified atom stereocenters. The number of aliphatic carboxylic acids is 1. The van der Waals surface area contributed by atoms with Gasteiger partial charge in [-0.25, -0.2) is 9.78 Å². The molecule has 104 valence electrons. The number of amides is 2. The van der Waals surface area contributed by atoms with Gasteiger partial charge in [-0.2, -0.15) is 0 Å². The lowest BCUT2D eigenvalue weighted by molar-refractivity contribution is -0.137. The van der Waals surface area contributed by atoms with E-state index in [0.29, 0.717) is 31.0 Å². The highest BCUT2D eigenvalue weighted by Crippen LogP contribution is 2.10. The van der Waals surface area contributed by atoms with Crippen LogP contribution in [0.15, 0.2) is 18.3 Å². The van der Waals surface area contributed by atoms with Crippen LogP contribution in [-0.2, 0) is 4.79 Å². The van der Waals surface area contributed by atoms with Gasteiger partial charge in [0.1, 0.15) is 0 Å². The lowest BCUT2D eigenvalue weighted by Crippen LogP contribution is -2.29. The number of unbranched alkanes of at least 4 members (excludes halogenated alkanes) is 1. The molecule has 0 aliphatic heterocycles. The minimum Gasteiger partial charge on any atom is -0.481 e. The van der Waals surface area contributed by atoms with Crippen LogP contribution in [0.25, 0.3) is 0 Å². The summed E-state index contributed by atoms with van der Waals surface area (Å²) >= 11 is 0. The number of aromatic nitrogens is 1. The molecule has 0 saturated heterocycles. The second kappa shape index (κ2) is 7.91. The topological polar surface area (TPSA) is 101 Å². The quantitative estimate of drug-likeness (QED) is 0.649. The first kappa shape index (κ1) is 14.7. The first-order valence-corrected chi connectivity index (χ1v) is 5.88. The van der Waals surface area contributed by atoms with Gasteiger partial charge in [-0.1, -0.05) is 0 Å². The zero-order valence-corrected chi connectivity index (χ0v) is 10.7. The van der Waals surface area contributed by atoms with Crippen molar-refractivity contribution in [2.45, 2.75) is 19.3 Å². The molecule has 1 aromatic heterocycles. The Bertz CT molecular complexity index is 419. The monoisotopic (exact) mass is 267 g/mol. The van der Waals surface area contributed by atoms with Gasteiger partial charge in [0.2, 0.25) is 5.88 Å². The number of carbonyl (C=O) groups is 2. The molecular weight excluding hydrogens is 250 g/mol. The Morgan fingerprint density at radius 1 is 1.37 bits per heavy atom. The van der Waals surface area contributed by atoms with E-state index < -0.39 is 5.97 Å². The summed E-state index contributed by atoms with van der Waals surface area (Å²) in [7, 11) is 1.51. The molecule has 1 rings (SSSR count). The van der Waals surface area contributed by atoms with Crippen LogP contribution in [-0.4, -0.2) is 35.7 Å². The number of hydrogen-bond donors (Lipinski definition) is 3. The average molecular weight is 267 g/mol. The van der Waals surface area contributed by atoms with E-state index in [1.54, 1.807) is 12.1 Å². The highest BCUT2D eigenvalue weighted by Gasteiger charge is 2.02. The summed E-state index contributed by atoms with van der Waals surface area (Å²) in [5.41, 5.74) is 0.559. The lowest BCUT2D eigenvalue weighted by Gasteiger charge is -2.07. The van der Waals surface area contributed by atoms with Gasteiger partial charge in [0.15, 0.2) is 0 Å². The van der Waals surface area contributed by atoms with Crippen molar-refractivity contribution in [2.24, 2.45) is 0 Å². The number of pyridine rings is 1. The van der Waals surface area contributed by atoms with E-state index in [1.165, 1.54) is 13.3 Å². The predicted octanol–water partition coefficient (Wildman–Crippen LogP) is 1.47. The number of carboxylic acid groups (broad SMARTS) is 1. The minimum absolute atomic E-state index is 0.117. The van der Waals surface area contributed by atoms with Gasteiger partial charge in [0, 0.05) is 19.0 Å². The van der Waals surface area contributed by atoms with Crippen LogP contribution >= 0.6 is 0 Å². The fourth-order valence-electron chi connectivity index (χ4n) is 1.35. The van der Waals surface area contributed by atoms with Crippen molar-refractivity contribution >= 4 is 17.7 Å². The molecule has 0 saturated carbocycles. The van der Waals surface area contributed by atoms with Crippen LogP contribution in [0.2, 0.25) is 0 Å². The number of methoxy groups -OCH3 is 1. The molecule has 0 bridgehead atoms. The number of ether oxygens (including phenoxy) is 1. The van der Waals surface area contributed by atoms with Gasteiger partial charge in [-0.15, -0.1) is 0 Å². The van der Waals surface area contributed by atoms with Gasteiger partial charge in [0.25, 0.3) is 0 Å². The van der Waals surface area contributed by atoms with Crippen molar-refractivity contribution in [3.05, 3.63) is 18.3 Å². The molecule has 0 atom stereocenters. The van der Waals surface area contributed by atoms with E-state index in [-0.39, 0.29) is 12.5 Å². The van der Waals surface area contributed by atoms with Crippen LogP contribution < -0.4 is 15.4 Å². The summed E-state index contributed by atoms with van der Waals surface area (Å²) in [4.78, 5) is 25.7. The molecule has 0 aliphatic carbocycles. The molecule has 2 amide bonds. The molecule has 0 radical (unpaired) electrons. The number of carbonyl (C=O) groups excluding carboxylic acids is 1. The normalized spacial score (nSPS) is 9.74. The lowest BCUT2D eigenvalue weighted by atomic mass is 10.2. The Balaban J connectivity index is 2.21. The third-order valence-corrected chi connectivity index (χ3v) is 2.31. The number of carboxylic acids is 1. The fraction of sp³-hybridized carbons (Fsp3) is 0.417. The van der Waals surface area contributed by atoms with Crippen LogP contribution in [0.4, 0.5) is 10.5 Å². The van der Waals surface area contributed by atoms with Crippen LogP contribution in [0.1, 0.15) is 19.3 Å². The highest BCUT2D eigenvalue weighted by molar-refractivity contribution is 5.88. The summed E-state index contributed by atoms with van der Waals surface area (Å²) in [5, 5.41) is 13.7. The van der Waals surface area contributed by atoms with Crippen molar-refractivity contribution in [1.29, 1.82) is 0 Å². The van der Waals surface area contributed by atoms with Crippen LogP contribution in [0.3, 0.4) is 0 Å². The summed E-state index contributed by atoms with van der Waals surface area (Å²) in [6, 6.07) is 2.97. The molecule has 0 spiro atoms. The molecule has 3 N–H and O–H groups in total. The molecule has 7 heteroatoms. The Morgan fingerprint density at radius 2 is 2.16 bits per heavy atom. The predicted molar refractivity (Wildman–Crippen MR) is 69.3 cm³/mol. The molecule has 0 aliphatic rings. The largest absolute Gasteiger partial charge is 0.481 e. The van der Waals surface area contributed by atoms with E-state index in [9.17, 15) is 9.59 Å². The minimum atomic E-state index is -0.825. The number of hydrogen-bond acceptors (Lipinski definition) is 4. The van der Waals surface area contributed by atoms with Crippen molar-refractivity contribution in [1.82, 2.24) is 10.3 Å². The maximum Gasteiger partial charge on any atom is 0.319 e. The molecule has 0 fully saturated rings. The van der Waals surface area contributed by atoms with E-state index >= 15 is 0 Å². The zero-order chi connectivity index (χ0) is 14.1. The summed E-state index contributed by atoms with van der Waals surface area (Å²) in [6.07, 6.45) is 2.77. The number of nitrogens with zero attached hydrogens (tertiary/aromatic N) is 1. The summed E-state index contributed by atoms with van der Waals surface area (Å²) < 4.78 is 4.90. The average Bonchev–Trinajstić information content (AvgIpc) is 2.39. The number of rotatable bonds is 7. The smallest absolute Gasteiger partial charge is 0.319 e. The second-order valence-electron chi connectivity index (χ2n) is 3.82. The van der Waals surface area contributed by atoms with Gasteiger partial charge in [0.05, 0.1) is 19.0 Å². The van der Waals surface area contributed by atoms with E-state index in [2.05, 4.69) is 15.6 Å². The standard InChI is InChI=1S/C12H17N3O4/c1-19-10-6-5-9(8-14-10)15-12(18)13-7-3-2-4-11(16)17/h5-6,8H,2-4,7H2,1H3,(H,16,17)(H2,13,15,18). The molecule has 1 aromatic rings. The summed E-state index contributed by atoms with van der Waals surface area (Å²) in [6.45, 7) is 0.433.